The number of pyridine rings is 2. The lowest BCUT2D eigenvalue weighted by atomic mass is 10.0. The zero-order valence-corrected chi connectivity index (χ0v) is 27.1. The molecule has 0 bridgehead atoms. The van der Waals surface area contributed by atoms with Crippen LogP contribution in [0.1, 0.15) is 0 Å². The first kappa shape index (κ1) is 28.3. The van der Waals surface area contributed by atoms with Crippen LogP contribution in [-0.4, -0.2) is 14.4 Å². The average molecular weight is 639 g/mol. The summed E-state index contributed by atoms with van der Waals surface area (Å²) in [5, 5.41) is 4.44. The number of nitrogens with zero attached hydrogens (tertiary/aromatic N) is 4. The fourth-order valence-corrected chi connectivity index (χ4v) is 7.43. The molecule has 0 aliphatic rings. The van der Waals surface area contributed by atoms with Crippen LogP contribution in [0.25, 0.3) is 71.5 Å². The number of fused-ring (bicyclic) bond motifs is 10. The lowest BCUT2D eigenvalue weighted by Crippen LogP contribution is -2.10. The van der Waals surface area contributed by atoms with Crippen molar-refractivity contribution >= 4 is 66.3 Å². The first-order chi connectivity index (χ1) is 24.8. The van der Waals surface area contributed by atoms with Gasteiger partial charge in [0.05, 0.1) is 22.1 Å². The third kappa shape index (κ3) is 4.54. The largest absolute Gasteiger partial charge is 0.310 e. The van der Waals surface area contributed by atoms with Gasteiger partial charge < -0.3 is 4.90 Å². The van der Waals surface area contributed by atoms with Crippen molar-refractivity contribution in [3.05, 3.63) is 182 Å². The summed E-state index contributed by atoms with van der Waals surface area (Å²) in [5.74, 6) is 0. The minimum absolute atomic E-state index is 0.943. The summed E-state index contributed by atoms with van der Waals surface area (Å²) < 4.78 is 2.30. The highest BCUT2D eigenvalue weighted by molar-refractivity contribution is 6.23. The van der Waals surface area contributed by atoms with E-state index in [4.69, 9.17) is 9.97 Å². The van der Waals surface area contributed by atoms with E-state index in [0.29, 0.717) is 0 Å². The van der Waals surface area contributed by atoms with Gasteiger partial charge in [-0.25, -0.2) is 4.98 Å². The maximum Gasteiger partial charge on any atom is 0.146 e. The quantitative estimate of drug-likeness (QED) is 0.176. The Morgan fingerprint density at radius 1 is 0.440 bits per heavy atom. The molecule has 0 unspecified atom stereocenters. The Morgan fingerprint density at radius 2 is 1.04 bits per heavy atom. The van der Waals surface area contributed by atoms with Gasteiger partial charge in [-0.05, 0) is 89.0 Å². The lowest BCUT2D eigenvalue weighted by molar-refractivity contribution is 1.28. The van der Waals surface area contributed by atoms with Crippen molar-refractivity contribution < 1.29 is 0 Å². The van der Waals surface area contributed by atoms with Crippen molar-refractivity contribution in [2.24, 2.45) is 0 Å². The monoisotopic (exact) mass is 638 g/mol. The topological polar surface area (TPSA) is 33.4 Å². The second kappa shape index (κ2) is 11.4. The highest BCUT2D eigenvalue weighted by atomic mass is 15.1. The third-order valence-electron chi connectivity index (χ3n) is 9.79. The summed E-state index contributed by atoms with van der Waals surface area (Å²) in [4.78, 5) is 12.4. The van der Waals surface area contributed by atoms with Gasteiger partial charge in [0, 0.05) is 44.8 Å². The highest BCUT2D eigenvalue weighted by Gasteiger charge is 2.19. The van der Waals surface area contributed by atoms with Gasteiger partial charge in [-0.15, -0.1) is 0 Å². The van der Waals surface area contributed by atoms with E-state index >= 15 is 0 Å². The first-order valence-electron chi connectivity index (χ1n) is 16.9. The summed E-state index contributed by atoms with van der Waals surface area (Å²) in [6, 6.07) is 62.5. The molecule has 0 saturated carbocycles. The summed E-state index contributed by atoms with van der Waals surface area (Å²) >= 11 is 0. The number of hydrogen-bond acceptors (Lipinski definition) is 3. The Hall–Kier alpha value is -6.78. The van der Waals surface area contributed by atoms with Crippen LogP contribution >= 0.6 is 0 Å². The van der Waals surface area contributed by atoms with Gasteiger partial charge in [0.15, 0.2) is 0 Å². The lowest BCUT2D eigenvalue weighted by Gasteiger charge is -2.26. The molecule has 0 aliphatic heterocycles. The number of anilines is 3. The fourth-order valence-electron chi connectivity index (χ4n) is 7.43. The molecule has 7 aromatic carbocycles. The smallest absolute Gasteiger partial charge is 0.146 e. The predicted octanol–water partition coefficient (Wildman–Crippen LogP) is 12.1. The molecule has 0 atom stereocenters. The predicted molar refractivity (Wildman–Crippen MR) is 209 cm³/mol. The first-order valence-corrected chi connectivity index (χ1v) is 16.9. The number of aromatic nitrogens is 3. The van der Waals surface area contributed by atoms with E-state index in [1.165, 1.54) is 22.3 Å². The molecule has 3 aromatic heterocycles. The molecule has 0 radical (unpaired) electrons. The van der Waals surface area contributed by atoms with E-state index in [9.17, 15) is 0 Å². The molecule has 50 heavy (non-hydrogen) atoms. The molecular formula is C46H30N4. The van der Waals surface area contributed by atoms with Gasteiger partial charge in [-0.3, -0.25) is 9.38 Å². The molecule has 0 saturated heterocycles. The Bertz CT molecular complexity index is 2760. The van der Waals surface area contributed by atoms with E-state index < -0.39 is 0 Å². The van der Waals surface area contributed by atoms with Crippen molar-refractivity contribution in [1.29, 1.82) is 0 Å². The molecule has 234 valence electrons. The Morgan fingerprint density at radius 3 is 1.72 bits per heavy atom. The molecular weight excluding hydrogens is 609 g/mol. The Labute approximate surface area is 289 Å². The maximum absolute atomic E-state index is 5.14. The second-order valence-electron chi connectivity index (χ2n) is 12.7. The number of hydrogen-bond donors (Lipinski definition) is 0. The SMILES string of the molecule is c1ccc(-c2ccc(N(c3ccc(-c4ccccc4)cc3)c3ccc4c(c3)c3c(ccc5cccnc53)c3nc5ccccc5n43)cc2)cc1. The van der Waals surface area contributed by atoms with Crippen LogP contribution in [0.4, 0.5) is 17.1 Å². The summed E-state index contributed by atoms with van der Waals surface area (Å²) in [6.07, 6.45) is 1.89. The van der Waals surface area contributed by atoms with Gasteiger partial charge in [0.1, 0.15) is 5.65 Å². The van der Waals surface area contributed by atoms with Gasteiger partial charge >= 0.3 is 0 Å². The van der Waals surface area contributed by atoms with Gasteiger partial charge in [-0.1, -0.05) is 109 Å². The minimum Gasteiger partial charge on any atom is -0.310 e. The van der Waals surface area contributed by atoms with E-state index in [1.54, 1.807) is 0 Å². The minimum atomic E-state index is 0.943. The summed E-state index contributed by atoms with van der Waals surface area (Å²) in [5.41, 5.74) is 13.1. The van der Waals surface area contributed by atoms with Crippen molar-refractivity contribution in [2.45, 2.75) is 0 Å². The molecule has 4 nitrogen and oxygen atoms in total. The molecule has 0 fully saturated rings. The number of para-hydroxylation sites is 2. The zero-order chi connectivity index (χ0) is 33.0. The van der Waals surface area contributed by atoms with Crippen molar-refractivity contribution in [3.8, 4) is 22.3 Å². The Kier molecular flexibility index (Phi) is 6.46. The molecule has 10 aromatic rings. The molecule has 0 aliphatic carbocycles. The van der Waals surface area contributed by atoms with Crippen LogP contribution in [0.15, 0.2) is 182 Å². The van der Waals surface area contributed by atoms with Crippen LogP contribution in [-0.2, 0) is 0 Å². The average Bonchev–Trinajstić information content (AvgIpc) is 3.59. The summed E-state index contributed by atoms with van der Waals surface area (Å²) in [7, 11) is 0. The molecule has 0 amide bonds. The van der Waals surface area contributed by atoms with E-state index in [-0.39, 0.29) is 0 Å². The molecule has 10 rings (SSSR count). The van der Waals surface area contributed by atoms with Crippen molar-refractivity contribution in [3.63, 3.8) is 0 Å². The van der Waals surface area contributed by atoms with Gasteiger partial charge in [0.2, 0.25) is 0 Å². The number of rotatable bonds is 5. The molecule has 0 N–H and O–H groups in total. The molecule has 0 spiro atoms. The molecule has 3 heterocycles. The van der Waals surface area contributed by atoms with E-state index in [2.05, 4.69) is 179 Å². The second-order valence-corrected chi connectivity index (χ2v) is 12.7. The summed E-state index contributed by atoms with van der Waals surface area (Å²) in [6.45, 7) is 0. The van der Waals surface area contributed by atoms with Gasteiger partial charge in [-0.2, -0.15) is 0 Å². The fraction of sp³-hybridized carbons (Fsp3) is 0. The van der Waals surface area contributed by atoms with Gasteiger partial charge in [0.25, 0.3) is 0 Å². The van der Waals surface area contributed by atoms with Crippen molar-refractivity contribution in [1.82, 2.24) is 14.4 Å². The van der Waals surface area contributed by atoms with Crippen LogP contribution in [0.3, 0.4) is 0 Å². The molecule has 4 heteroatoms. The van der Waals surface area contributed by atoms with Crippen molar-refractivity contribution in [2.75, 3.05) is 4.90 Å². The highest BCUT2D eigenvalue weighted by Crippen LogP contribution is 2.41. The van der Waals surface area contributed by atoms with E-state index in [1.807, 2.05) is 12.3 Å². The Balaban J connectivity index is 1.23. The zero-order valence-electron chi connectivity index (χ0n) is 27.1. The third-order valence-corrected chi connectivity index (χ3v) is 9.79. The number of benzene rings is 7. The standard InChI is InChI=1S/C46H30N4/c1-3-10-31(11-4-1)33-17-22-36(23-18-33)49(37-24-19-34(20-25-37)32-12-5-2-6-13-32)38-26-28-42-40(30-38)44-39(27-21-35-14-9-29-47-45(35)44)46-48-41-15-7-8-16-43(41)50(42)46/h1-30H. The van der Waals surface area contributed by atoms with Crippen LogP contribution in [0.5, 0.6) is 0 Å². The van der Waals surface area contributed by atoms with Crippen LogP contribution < -0.4 is 4.90 Å². The van der Waals surface area contributed by atoms with Crippen LogP contribution in [0.2, 0.25) is 0 Å². The normalized spacial score (nSPS) is 11.6. The van der Waals surface area contributed by atoms with E-state index in [0.717, 1.165) is 66.3 Å². The maximum atomic E-state index is 5.14. The number of imidazole rings is 1. The van der Waals surface area contributed by atoms with Crippen LogP contribution in [0, 0.1) is 0 Å².